The maximum atomic E-state index is 12.8. The average Bonchev–Trinajstić information content (AvgIpc) is 3.31. The van der Waals surface area contributed by atoms with Gasteiger partial charge in [0.1, 0.15) is 13.2 Å². The summed E-state index contributed by atoms with van der Waals surface area (Å²) in [5.41, 5.74) is 0. The molecule has 0 aliphatic heterocycles. The minimum atomic E-state index is -0.839. The first-order valence-electron chi connectivity index (χ1n) is 26.9. The third-order valence-corrected chi connectivity index (χ3v) is 11.0. The van der Waals surface area contributed by atoms with Crippen LogP contribution in [0.3, 0.4) is 0 Å². The van der Waals surface area contributed by atoms with Crippen molar-refractivity contribution in [3.05, 3.63) is 109 Å². The lowest BCUT2D eigenvalue weighted by atomic mass is 10.1. The third-order valence-electron chi connectivity index (χ3n) is 11.0. The number of esters is 3. The van der Waals surface area contributed by atoms with E-state index < -0.39 is 6.10 Å². The zero-order chi connectivity index (χ0) is 47.9. The molecule has 0 saturated carbocycles. The number of carbonyl (C=O) groups is 3. The summed E-state index contributed by atoms with van der Waals surface area (Å²) in [5, 5.41) is 0. The van der Waals surface area contributed by atoms with Gasteiger partial charge in [0.15, 0.2) is 6.10 Å². The van der Waals surface area contributed by atoms with Crippen LogP contribution in [0.15, 0.2) is 109 Å². The lowest BCUT2D eigenvalue weighted by Gasteiger charge is -2.18. The summed E-state index contributed by atoms with van der Waals surface area (Å²) in [6, 6.07) is 0. The van der Waals surface area contributed by atoms with E-state index in [9.17, 15) is 14.4 Å². The van der Waals surface area contributed by atoms with Crippen LogP contribution in [0.4, 0.5) is 0 Å². The third kappa shape index (κ3) is 51.1. The zero-order valence-electron chi connectivity index (χ0n) is 42.7. The highest BCUT2D eigenvalue weighted by Crippen LogP contribution is 2.12. The molecule has 0 N–H and O–H groups in total. The van der Waals surface area contributed by atoms with Gasteiger partial charge in [-0.15, -0.1) is 0 Å². The Morgan fingerprint density at radius 3 is 1.14 bits per heavy atom. The van der Waals surface area contributed by atoms with E-state index in [1.54, 1.807) is 0 Å². The standard InChI is InChI=1S/C60H98O6/c1-4-7-10-13-16-19-22-25-27-29-31-32-35-38-41-44-47-50-53-59(62)65-56-57(55-64-58(61)52-49-46-43-40-37-34-24-21-18-15-12-9-6-3)66-60(63)54-51-48-45-42-39-36-33-30-28-26-23-20-17-14-11-8-5-2/h17,20,22,25-29,31-34,36-37,42-43,45-46,57H,4-16,18-19,21,23-24,30,35,38-41,44,47-56H2,1-3H3/b20-17-,25-22-,28-26-,29-27-,32-31-,36-33-,37-34-,45-42-,46-43-. The van der Waals surface area contributed by atoms with Gasteiger partial charge in [-0.25, -0.2) is 0 Å². The van der Waals surface area contributed by atoms with Crippen LogP contribution < -0.4 is 0 Å². The minimum absolute atomic E-state index is 0.129. The van der Waals surface area contributed by atoms with Gasteiger partial charge < -0.3 is 14.2 Å². The fourth-order valence-electron chi connectivity index (χ4n) is 6.96. The molecule has 0 radical (unpaired) electrons. The summed E-state index contributed by atoms with van der Waals surface area (Å²) in [7, 11) is 0. The number of unbranched alkanes of at least 4 members (excludes halogenated alkanes) is 20. The molecule has 0 saturated heterocycles. The van der Waals surface area contributed by atoms with E-state index in [4.69, 9.17) is 14.2 Å². The topological polar surface area (TPSA) is 78.9 Å². The lowest BCUT2D eigenvalue weighted by Crippen LogP contribution is -2.30. The van der Waals surface area contributed by atoms with Gasteiger partial charge in [-0.2, -0.15) is 0 Å². The van der Waals surface area contributed by atoms with Crippen molar-refractivity contribution in [1.29, 1.82) is 0 Å². The van der Waals surface area contributed by atoms with E-state index in [0.29, 0.717) is 19.3 Å². The van der Waals surface area contributed by atoms with Crippen LogP contribution in [0.2, 0.25) is 0 Å². The van der Waals surface area contributed by atoms with Gasteiger partial charge in [0.05, 0.1) is 0 Å². The van der Waals surface area contributed by atoms with Crippen molar-refractivity contribution in [3.63, 3.8) is 0 Å². The van der Waals surface area contributed by atoms with Gasteiger partial charge in [-0.05, 0) is 103 Å². The highest BCUT2D eigenvalue weighted by molar-refractivity contribution is 5.71. The minimum Gasteiger partial charge on any atom is -0.462 e. The first-order valence-corrected chi connectivity index (χ1v) is 26.9. The molecule has 0 aliphatic rings. The van der Waals surface area contributed by atoms with Crippen molar-refractivity contribution < 1.29 is 28.6 Å². The molecule has 0 spiro atoms. The fraction of sp³-hybridized carbons (Fsp3) is 0.650. The van der Waals surface area contributed by atoms with Gasteiger partial charge in [0, 0.05) is 19.3 Å². The van der Waals surface area contributed by atoms with Gasteiger partial charge >= 0.3 is 17.9 Å². The quantitative estimate of drug-likeness (QED) is 0.0199. The highest BCUT2D eigenvalue weighted by atomic mass is 16.6. The van der Waals surface area contributed by atoms with E-state index >= 15 is 0 Å². The Kier molecular flexibility index (Phi) is 50.5. The fourth-order valence-corrected chi connectivity index (χ4v) is 6.96. The number of ether oxygens (including phenoxy) is 3. The smallest absolute Gasteiger partial charge is 0.306 e. The summed E-state index contributed by atoms with van der Waals surface area (Å²) >= 11 is 0. The average molecular weight is 915 g/mol. The predicted octanol–water partition coefficient (Wildman–Crippen LogP) is 17.9. The van der Waals surface area contributed by atoms with Crippen molar-refractivity contribution in [2.75, 3.05) is 13.2 Å². The first kappa shape index (κ1) is 62.1. The van der Waals surface area contributed by atoms with E-state index in [1.807, 2.05) is 6.08 Å². The van der Waals surface area contributed by atoms with Crippen molar-refractivity contribution in [2.45, 2.75) is 239 Å². The molecule has 0 aromatic carbocycles. The maximum absolute atomic E-state index is 12.8. The molecule has 6 heteroatoms. The predicted molar refractivity (Wildman–Crippen MR) is 283 cm³/mol. The van der Waals surface area contributed by atoms with Crippen LogP contribution in [0, 0.1) is 0 Å². The van der Waals surface area contributed by atoms with Gasteiger partial charge in [0.2, 0.25) is 0 Å². The Morgan fingerprint density at radius 2 is 0.652 bits per heavy atom. The molecular weight excluding hydrogens is 817 g/mol. The second-order valence-corrected chi connectivity index (χ2v) is 17.5. The van der Waals surface area contributed by atoms with Crippen LogP contribution in [-0.4, -0.2) is 37.2 Å². The molecule has 6 nitrogen and oxygen atoms in total. The van der Waals surface area contributed by atoms with Crippen molar-refractivity contribution in [1.82, 2.24) is 0 Å². The highest BCUT2D eigenvalue weighted by Gasteiger charge is 2.19. The monoisotopic (exact) mass is 915 g/mol. The summed E-state index contributed by atoms with van der Waals surface area (Å²) in [6.07, 6.45) is 72.3. The number of carbonyl (C=O) groups excluding carboxylic acids is 3. The lowest BCUT2D eigenvalue weighted by molar-refractivity contribution is -0.166. The molecule has 0 rings (SSSR count). The molecule has 0 aromatic heterocycles. The summed E-state index contributed by atoms with van der Waals surface area (Å²) in [6.45, 7) is 6.46. The Morgan fingerprint density at radius 1 is 0.318 bits per heavy atom. The Balaban J connectivity index is 4.58. The summed E-state index contributed by atoms with van der Waals surface area (Å²) in [4.78, 5) is 38.0. The second-order valence-electron chi connectivity index (χ2n) is 17.5. The molecule has 1 unspecified atom stereocenters. The molecule has 0 amide bonds. The number of allylic oxidation sites excluding steroid dienone is 18. The van der Waals surface area contributed by atoms with Crippen LogP contribution in [0.25, 0.3) is 0 Å². The van der Waals surface area contributed by atoms with E-state index in [2.05, 4.69) is 124 Å². The second kappa shape index (κ2) is 53.7. The van der Waals surface area contributed by atoms with Crippen LogP contribution in [0.5, 0.6) is 0 Å². The molecular formula is C60H98O6. The Bertz CT molecular complexity index is 1370. The van der Waals surface area contributed by atoms with Crippen molar-refractivity contribution >= 4 is 17.9 Å². The van der Waals surface area contributed by atoms with E-state index in [-0.39, 0.29) is 44.0 Å². The van der Waals surface area contributed by atoms with Crippen molar-refractivity contribution in [3.8, 4) is 0 Å². The van der Waals surface area contributed by atoms with Gasteiger partial charge in [0.25, 0.3) is 0 Å². The number of rotatable bonds is 47. The Labute approximate surface area is 406 Å². The van der Waals surface area contributed by atoms with Gasteiger partial charge in [-0.1, -0.05) is 220 Å². The van der Waals surface area contributed by atoms with E-state index in [1.165, 1.54) is 96.3 Å². The van der Waals surface area contributed by atoms with Crippen LogP contribution in [0.1, 0.15) is 233 Å². The normalized spacial score (nSPS) is 13.0. The summed E-state index contributed by atoms with van der Waals surface area (Å²) < 4.78 is 16.7. The zero-order valence-corrected chi connectivity index (χ0v) is 42.7. The Hall–Kier alpha value is -3.93. The molecule has 66 heavy (non-hydrogen) atoms. The van der Waals surface area contributed by atoms with Crippen LogP contribution in [-0.2, 0) is 28.6 Å². The molecule has 0 aromatic rings. The SMILES string of the molecule is CCCCC/C=C\C/C=C\C/C=C\C/C=C\CCCC(=O)OC(COC(=O)CC/C=C\C/C=C\CCCCCCCC)COC(=O)CCCCCCC\C=C/C=C\C=C/CCCCCCC. The maximum Gasteiger partial charge on any atom is 0.306 e. The molecule has 0 aliphatic carbocycles. The largest absolute Gasteiger partial charge is 0.462 e. The molecule has 0 bridgehead atoms. The first-order chi connectivity index (χ1) is 32.5. The number of hydrogen-bond donors (Lipinski definition) is 0. The molecule has 1 atom stereocenters. The molecule has 0 heterocycles. The molecule has 374 valence electrons. The van der Waals surface area contributed by atoms with Gasteiger partial charge in [-0.3, -0.25) is 14.4 Å². The van der Waals surface area contributed by atoms with E-state index in [0.717, 1.165) is 83.5 Å². The summed E-state index contributed by atoms with van der Waals surface area (Å²) in [5.74, 6) is -1.08. The van der Waals surface area contributed by atoms with Crippen molar-refractivity contribution in [2.24, 2.45) is 0 Å². The molecule has 0 fully saturated rings. The van der Waals surface area contributed by atoms with Crippen LogP contribution >= 0.6 is 0 Å². The number of hydrogen-bond acceptors (Lipinski definition) is 6.